The Hall–Kier alpha value is -0.730. The van der Waals surface area contributed by atoms with E-state index in [4.69, 9.17) is 4.74 Å². The number of carbonyl (C=O) groups is 1. The molecule has 3 aliphatic rings. The number of fused-ring (bicyclic) bond motifs is 2. The van der Waals surface area contributed by atoms with E-state index in [2.05, 4.69) is 26.1 Å². The standard InChI is InChI=1S/C17H29NO2/c1-16(2)12-9-10-17(16,3)14(11-12)20-15(19)18-13-7-5-4-6-8-13/h12-14H,4-11H2,1-3H3,(H,18,19)/t12-,14-,17-/m1/s1. The van der Waals surface area contributed by atoms with Crippen molar-refractivity contribution in [3.8, 4) is 0 Å². The molecule has 0 aromatic heterocycles. The molecule has 3 aliphatic carbocycles. The molecule has 0 radical (unpaired) electrons. The average Bonchev–Trinajstić information content (AvgIpc) is 2.73. The van der Waals surface area contributed by atoms with Gasteiger partial charge in [-0.25, -0.2) is 4.79 Å². The van der Waals surface area contributed by atoms with Crippen LogP contribution >= 0.6 is 0 Å². The molecule has 3 atom stereocenters. The van der Waals surface area contributed by atoms with E-state index in [9.17, 15) is 4.79 Å². The fourth-order valence-corrected chi connectivity index (χ4v) is 4.89. The topological polar surface area (TPSA) is 38.3 Å². The van der Waals surface area contributed by atoms with Crippen LogP contribution in [0.5, 0.6) is 0 Å². The van der Waals surface area contributed by atoms with Crippen molar-refractivity contribution in [3.63, 3.8) is 0 Å². The maximum atomic E-state index is 12.2. The number of alkyl carbamates (subject to hydrolysis) is 1. The zero-order chi connectivity index (χ0) is 14.4. The van der Waals surface area contributed by atoms with Crippen LogP contribution in [0, 0.1) is 16.7 Å². The monoisotopic (exact) mass is 279 g/mol. The normalized spacial score (nSPS) is 39.8. The summed E-state index contributed by atoms with van der Waals surface area (Å²) >= 11 is 0. The maximum absolute atomic E-state index is 12.2. The zero-order valence-corrected chi connectivity index (χ0v) is 13.2. The van der Waals surface area contributed by atoms with Crippen LogP contribution in [0.2, 0.25) is 0 Å². The third kappa shape index (κ3) is 2.14. The van der Waals surface area contributed by atoms with E-state index in [1.54, 1.807) is 0 Å². The molecule has 1 amide bonds. The lowest BCUT2D eigenvalue weighted by Crippen LogP contribution is -2.43. The molecule has 3 heteroatoms. The number of carbonyl (C=O) groups excluding carboxylic acids is 1. The van der Waals surface area contributed by atoms with Crippen molar-refractivity contribution < 1.29 is 9.53 Å². The van der Waals surface area contributed by atoms with Gasteiger partial charge in [0.05, 0.1) is 0 Å². The van der Waals surface area contributed by atoms with Crippen molar-refractivity contribution in [1.29, 1.82) is 0 Å². The van der Waals surface area contributed by atoms with Crippen molar-refractivity contribution >= 4 is 6.09 Å². The van der Waals surface area contributed by atoms with E-state index in [0.29, 0.717) is 11.5 Å². The van der Waals surface area contributed by atoms with Gasteiger partial charge >= 0.3 is 6.09 Å². The number of hydrogen-bond donors (Lipinski definition) is 1. The second-order valence-electron chi connectivity index (χ2n) is 7.98. The molecule has 0 spiro atoms. The SMILES string of the molecule is CC1(C)[C@@H]2CC[C@]1(C)[C@H](OC(=O)NC1CCCCC1)C2. The molecule has 1 N–H and O–H groups in total. The van der Waals surface area contributed by atoms with E-state index < -0.39 is 0 Å². The fraction of sp³-hybridized carbons (Fsp3) is 0.941. The molecule has 20 heavy (non-hydrogen) atoms. The molecule has 114 valence electrons. The van der Waals surface area contributed by atoms with Gasteiger partial charge in [-0.15, -0.1) is 0 Å². The molecule has 3 rings (SSSR count). The number of amides is 1. The number of ether oxygens (including phenoxy) is 1. The average molecular weight is 279 g/mol. The van der Waals surface area contributed by atoms with Crippen LogP contribution in [0.25, 0.3) is 0 Å². The van der Waals surface area contributed by atoms with Crippen LogP contribution in [0.3, 0.4) is 0 Å². The molecular formula is C17H29NO2. The van der Waals surface area contributed by atoms with Gasteiger partial charge in [0, 0.05) is 11.5 Å². The first kappa shape index (κ1) is 14.2. The Morgan fingerprint density at radius 3 is 2.35 bits per heavy atom. The molecule has 2 bridgehead atoms. The van der Waals surface area contributed by atoms with E-state index >= 15 is 0 Å². The van der Waals surface area contributed by atoms with Gasteiger partial charge in [-0.1, -0.05) is 40.0 Å². The molecule has 0 saturated heterocycles. The van der Waals surface area contributed by atoms with Gasteiger partial charge in [-0.3, -0.25) is 0 Å². The van der Waals surface area contributed by atoms with Crippen LogP contribution in [0.1, 0.15) is 72.1 Å². The third-order valence-corrected chi connectivity index (χ3v) is 6.89. The zero-order valence-electron chi connectivity index (χ0n) is 13.2. The Morgan fingerprint density at radius 1 is 1.10 bits per heavy atom. The highest BCUT2D eigenvalue weighted by Gasteiger charge is 2.62. The Bertz CT molecular complexity index is 386. The van der Waals surface area contributed by atoms with Crippen molar-refractivity contribution in [2.45, 2.75) is 84.3 Å². The molecule has 3 nitrogen and oxygen atoms in total. The minimum atomic E-state index is -0.175. The lowest BCUT2D eigenvalue weighted by Gasteiger charge is -2.38. The molecule has 0 heterocycles. The highest BCUT2D eigenvalue weighted by atomic mass is 16.6. The van der Waals surface area contributed by atoms with Crippen molar-refractivity contribution in [2.75, 3.05) is 0 Å². The molecule has 0 aliphatic heterocycles. The maximum Gasteiger partial charge on any atom is 0.407 e. The van der Waals surface area contributed by atoms with Gasteiger partial charge in [0.2, 0.25) is 0 Å². The first-order chi connectivity index (χ1) is 9.43. The summed E-state index contributed by atoms with van der Waals surface area (Å²) in [6.45, 7) is 7.03. The summed E-state index contributed by atoms with van der Waals surface area (Å²) in [5, 5.41) is 3.09. The molecule has 3 fully saturated rings. The van der Waals surface area contributed by atoms with Crippen LogP contribution in [-0.4, -0.2) is 18.2 Å². The summed E-state index contributed by atoms with van der Waals surface area (Å²) in [5.41, 5.74) is 0.477. The van der Waals surface area contributed by atoms with Crippen LogP contribution in [-0.2, 0) is 4.74 Å². The second kappa shape index (κ2) is 4.92. The van der Waals surface area contributed by atoms with E-state index in [1.165, 1.54) is 32.1 Å². The summed E-state index contributed by atoms with van der Waals surface area (Å²) in [4.78, 5) is 12.2. The van der Waals surface area contributed by atoms with Gasteiger partial charge in [0.15, 0.2) is 0 Å². The summed E-state index contributed by atoms with van der Waals surface area (Å²) in [7, 11) is 0. The van der Waals surface area contributed by atoms with Crippen molar-refractivity contribution in [1.82, 2.24) is 5.32 Å². The highest BCUT2D eigenvalue weighted by molar-refractivity contribution is 5.68. The summed E-state index contributed by atoms with van der Waals surface area (Å²) in [6, 6.07) is 0.343. The van der Waals surface area contributed by atoms with Crippen LogP contribution < -0.4 is 5.32 Å². The van der Waals surface area contributed by atoms with E-state index in [-0.39, 0.29) is 17.6 Å². The first-order valence-electron chi connectivity index (χ1n) is 8.40. The van der Waals surface area contributed by atoms with Crippen LogP contribution in [0.4, 0.5) is 4.79 Å². The smallest absolute Gasteiger partial charge is 0.407 e. The third-order valence-electron chi connectivity index (χ3n) is 6.89. The molecule has 0 aromatic rings. The van der Waals surface area contributed by atoms with Gasteiger partial charge in [-0.2, -0.15) is 0 Å². The van der Waals surface area contributed by atoms with Gasteiger partial charge < -0.3 is 10.1 Å². The lowest BCUT2D eigenvalue weighted by atomic mass is 9.70. The summed E-state index contributed by atoms with van der Waals surface area (Å²) < 4.78 is 5.84. The van der Waals surface area contributed by atoms with Gasteiger partial charge in [0.25, 0.3) is 0 Å². The Morgan fingerprint density at radius 2 is 1.80 bits per heavy atom. The first-order valence-corrected chi connectivity index (χ1v) is 8.40. The predicted octanol–water partition coefficient (Wildman–Crippen LogP) is 4.26. The largest absolute Gasteiger partial charge is 0.446 e. The predicted molar refractivity (Wildman–Crippen MR) is 79.5 cm³/mol. The Balaban J connectivity index is 1.57. The van der Waals surface area contributed by atoms with Gasteiger partial charge in [0.1, 0.15) is 6.10 Å². The second-order valence-corrected chi connectivity index (χ2v) is 7.98. The lowest BCUT2D eigenvalue weighted by molar-refractivity contribution is -0.00567. The molecular weight excluding hydrogens is 250 g/mol. The molecule has 0 unspecified atom stereocenters. The van der Waals surface area contributed by atoms with Gasteiger partial charge in [-0.05, 0) is 43.4 Å². The van der Waals surface area contributed by atoms with Crippen LogP contribution in [0.15, 0.2) is 0 Å². The summed E-state index contributed by atoms with van der Waals surface area (Å²) in [5.74, 6) is 0.722. The Labute approximate surface area is 122 Å². The minimum absolute atomic E-state index is 0.111. The number of hydrogen-bond acceptors (Lipinski definition) is 2. The minimum Gasteiger partial charge on any atom is -0.446 e. The summed E-state index contributed by atoms with van der Waals surface area (Å²) in [6.07, 6.45) is 9.51. The molecule has 0 aromatic carbocycles. The fourth-order valence-electron chi connectivity index (χ4n) is 4.89. The highest BCUT2D eigenvalue weighted by Crippen LogP contribution is 2.66. The Kier molecular flexibility index (Phi) is 3.50. The van der Waals surface area contributed by atoms with Crippen molar-refractivity contribution in [3.05, 3.63) is 0 Å². The number of nitrogens with one attached hydrogen (secondary N) is 1. The van der Waals surface area contributed by atoms with E-state index in [0.717, 1.165) is 25.2 Å². The van der Waals surface area contributed by atoms with E-state index in [1.807, 2.05) is 0 Å². The van der Waals surface area contributed by atoms with Crippen molar-refractivity contribution in [2.24, 2.45) is 16.7 Å². The quantitative estimate of drug-likeness (QED) is 0.820. The molecule has 3 saturated carbocycles. The number of rotatable bonds is 2.